The highest BCUT2D eigenvalue weighted by Crippen LogP contribution is 2.31. The van der Waals surface area contributed by atoms with E-state index in [0.29, 0.717) is 13.2 Å². The maximum Gasteiger partial charge on any atom is 0.256 e. The second-order valence-electron chi connectivity index (χ2n) is 5.99. The van der Waals surface area contributed by atoms with Crippen molar-refractivity contribution in [1.29, 1.82) is 0 Å². The van der Waals surface area contributed by atoms with Crippen molar-refractivity contribution in [1.82, 2.24) is 4.90 Å². The fraction of sp³-hybridized carbons (Fsp3) is 0.588. The van der Waals surface area contributed by atoms with Crippen LogP contribution in [0.1, 0.15) is 42.1 Å². The topological polar surface area (TPSA) is 41.6 Å². The molecule has 1 saturated carbocycles. The molecule has 0 spiro atoms. The number of carbonyl (C=O) groups is 1. The van der Waals surface area contributed by atoms with E-state index in [4.69, 9.17) is 4.74 Å². The second kappa shape index (κ2) is 6.06. The quantitative estimate of drug-likeness (QED) is 0.930. The summed E-state index contributed by atoms with van der Waals surface area (Å²) in [5.74, 6) is 0.148. The van der Waals surface area contributed by atoms with Crippen LogP contribution in [0.25, 0.3) is 0 Å². The summed E-state index contributed by atoms with van der Waals surface area (Å²) in [6, 6.07) is 6.33. The summed E-state index contributed by atoms with van der Waals surface area (Å²) >= 11 is 0. The standard InChI is InChI=1S/C17H24N2O2/c1-3-18-14-8-7-12(2)11-13(14)17(20)19-9-10-21-16-6-4-5-15(16)19/h7-8,11,15-16,18H,3-6,9-10H2,1-2H3. The van der Waals surface area contributed by atoms with E-state index in [9.17, 15) is 4.79 Å². The van der Waals surface area contributed by atoms with Crippen molar-refractivity contribution >= 4 is 11.6 Å². The fourth-order valence-corrected chi connectivity index (χ4v) is 3.51. The summed E-state index contributed by atoms with van der Waals surface area (Å²) < 4.78 is 5.81. The molecule has 21 heavy (non-hydrogen) atoms. The number of aryl methyl sites for hydroxylation is 1. The minimum Gasteiger partial charge on any atom is -0.385 e. The first kappa shape index (κ1) is 14.4. The van der Waals surface area contributed by atoms with E-state index in [1.807, 2.05) is 30.0 Å². The molecule has 4 nitrogen and oxygen atoms in total. The second-order valence-corrected chi connectivity index (χ2v) is 5.99. The van der Waals surface area contributed by atoms with Gasteiger partial charge in [0.05, 0.1) is 24.3 Å². The van der Waals surface area contributed by atoms with Crippen molar-refractivity contribution in [3.8, 4) is 0 Å². The van der Waals surface area contributed by atoms with Gasteiger partial charge in [0.15, 0.2) is 0 Å². The molecule has 1 N–H and O–H groups in total. The van der Waals surface area contributed by atoms with Gasteiger partial charge in [0, 0.05) is 18.8 Å². The number of fused-ring (bicyclic) bond motifs is 1. The van der Waals surface area contributed by atoms with Crippen molar-refractivity contribution in [3.63, 3.8) is 0 Å². The average molecular weight is 288 g/mol. The number of hydrogen-bond donors (Lipinski definition) is 1. The highest BCUT2D eigenvalue weighted by atomic mass is 16.5. The number of nitrogens with one attached hydrogen (secondary N) is 1. The largest absolute Gasteiger partial charge is 0.385 e. The number of rotatable bonds is 3. The van der Waals surface area contributed by atoms with Gasteiger partial charge in [0.25, 0.3) is 5.91 Å². The zero-order chi connectivity index (χ0) is 14.8. The predicted octanol–water partition coefficient (Wildman–Crippen LogP) is 2.82. The molecule has 1 aromatic rings. The molecular weight excluding hydrogens is 264 g/mol. The van der Waals surface area contributed by atoms with Crippen LogP contribution in [-0.2, 0) is 4.74 Å². The molecule has 3 rings (SSSR count). The minimum absolute atomic E-state index is 0.148. The maximum absolute atomic E-state index is 13.0. The van der Waals surface area contributed by atoms with E-state index in [1.165, 1.54) is 0 Å². The molecule has 2 unspecified atom stereocenters. The molecule has 2 aliphatic rings. The summed E-state index contributed by atoms with van der Waals surface area (Å²) in [5, 5.41) is 3.30. The SMILES string of the molecule is CCNc1ccc(C)cc1C(=O)N1CCOC2CCCC21. The van der Waals surface area contributed by atoms with Gasteiger partial charge in [-0.3, -0.25) is 4.79 Å². The summed E-state index contributed by atoms with van der Waals surface area (Å²) in [7, 11) is 0. The van der Waals surface area contributed by atoms with Crippen LogP contribution < -0.4 is 5.32 Å². The molecule has 1 amide bonds. The van der Waals surface area contributed by atoms with Crippen LogP contribution >= 0.6 is 0 Å². The van der Waals surface area contributed by atoms with Gasteiger partial charge in [-0.2, -0.15) is 0 Å². The van der Waals surface area contributed by atoms with Gasteiger partial charge in [0.2, 0.25) is 0 Å². The van der Waals surface area contributed by atoms with Crippen LogP contribution in [0.4, 0.5) is 5.69 Å². The Morgan fingerprint density at radius 2 is 2.29 bits per heavy atom. The molecule has 0 aromatic heterocycles. The third kappa shape index (κ3) is 2.77. The molecule has 4 heteroatoms. The lowest BCUT2D eigenvalue weighted by Crippen LogP contribution is -2.51. The number of benzene rings is 1. The lowest BCUT2D eigenvalue weighted by atomic mass is 10.0. The zero-order valence-electron chi connectivity index (χ0n) is 12.9. The monoisotopic (exact) mass is 288 g/mol. The van der Waals surface area contributed by atoms with Crippen LogP contribution in [0.15, 0.2) is 18.2 Å². The molecule has 0 radical (unpaired) electrons. The molecule has 1 aliphatic carbocycles. The van der Waals surface area contributed by atoms with E-state index >= 15 is 0 Å². The Bertz CT molecular complexity index is 530. The minimum atomic E-state index is 0.148. The van der Waals surface area contributed by atoms with Crippen LogP contribution in [0.3, 0.4) is 0 Å². The number of morpholine rings is 1. The molecule has 1 aliphatic heterocycles. The van der Waals surface area contributed by atoms with E-state index < -0.39 is 0 Å². The highest BCUT2D eigenvalue weighted by molar-refractivity contribution is 6.00. The number of hydrogen-bond acceptors (Lipinski definition) is 3. The van der Waals surface area contributed by atoms with Gasteiger partial charge < -0.3 is 15.0 Å². The van der Waals surface area contributed by atoms with Crippen LogP contribution in [0, 0.1) is 6.92 Å². The summed E-state index contributed by atoms with van der Waals surface area (Å²) in [5.41, 5.74) is 2.86. The van der Waals surface area contributed by atoms with Crippen molar-refractivity contribution in [2.24, 2.45) is 0 Å². The molecule has 1 saturated heterocycles. The third-order valence-corrected chi connectivity index (χ3v) is 4.52. The predicted molar refractivity (Wildman–Crippen MR) is 83.8 cm³/mol. The first-order valence-corrected chi connectivity index (χ1v) is 7.98. The summed E-state index contributed by atoms with van der Waals surface area (Å²) in [6.07, 6.45) is 3.56. The highest BCUT2D eigenvalue weighted by Gasteiger charge is 2.39. The van der Waals surface area contributed by atoms with Gasteiger partial charge in [-0.1, -0.05) is 11.6 Å². The van der Waals surface area contributed by atoms with Crippen molar-refractivity contribution in [2.45, 2.75) is 45.3 Å². The van der Waals surface area contributed by atoms with Gasteiger partial charge in [-0.15, -0.1) is 0 Å². The van der Waals surface area contributed by atoms with E-state index in [0.717, 1.165) is 42.6 Å². The summed E-state index contributed by atoms with van der Waals surface area (Å²) in [4.78, 5) is 15.1. The third-order valence-electron chi connectivity index (χ3n) is 4.52. The Morgan fingerprint density at radius 1 is 1.43 bits per heavy atom. The van der Waals surface area contributed by atoms with E-state index in [-0.39, 0.29) is 18.1 Å². The average Bonchev–Trinajstić information content (AvgIpc) is 2.97. The first-order chi connectivity index (χ1) is 10.2. The van der Waals surface area contributed by atoms with E-state index in [2.05, 4.69) is 12.2 Å². The molecule has 2 fully saturated rings. The van der Waals surface area contributed by atoms with Gasteiger partial charge >= 0.3 is 0 Å². The number of amides is 1. The Hall–Kier alpha value is -1.55. The number of anilines is 1. The Labute approximate surface area is 126 Å². The van der Waals surface area contributed by atoms with Crippen LogP contribution in [0.5, 0.6) is 0 Å². The molecular formula is C17H24N2O2. The molecule has 1 aromatic carbocycles. The molecule has 0 bridgehead atoms. The van der Waals surface area contributed by atoms with E-state index in [1.54, 1.807) is 0 Å². The fourth-order valence-electron chi connectivity index (χ4n) is 3.51. The normalized spacial score (nSPS) is 24.8. The van der Waals surface area contributed by atoms with Gasteiger partial charge in [0.1, 0.15) is 0 Å². The van der Waals surface area contributed by atoms with Crippen molar-refractivity contribution in [2.75, 3.05) is 25.0 Å². The van der Waals surface area contributed by atoms with Gasteiger partial charge in [-0.25, -0.2) is 0 Å². The number of carbonyl (C=O) groups excluding carboxylic acids is 1. The lowest BCUT2D eigenvalue weighted by molar-refractivity contribution is -0.0445. The zero-order valence-corrected chi connectivity index (χ0v) is 12.9. The van der Waals surface area contributed by atoms with Crippen molar-refractivity contribution < 1.29 is 9.53 Å². The van der Waals surface area contributed by atoms with Crippen LogP contribution in [0.2, 0.25) is 0 Å². The van der Waals surface area contributed by atoms with Gasteiger partial charge in [-0.05, 0) is 45.2 Å². The molecule has 2 atom stereocenters. The summed E-state index contributed by atoms with van der Waals surface area (Å²) in [6.45, 7) is 6.27. The maximum atomic E-state index is 13.0. The van der Waals surface area contributed by atoms with Crippen molar-refractivity contribution in [3.05, 3.63) is 29.3 Å². The Morgan fingerprint density at radius 3 is 3.10 bits per heavy atom. The smallest absolute Gasteiger partial charge is 0.256 e. The number of nitrogens with zero attached hydrogens (tertiary/aromatic N) is 1. The Kier molecular flexibility index (Phi) is 4.15. The van der Waals surface area contributed by atoms with Crippen LogP contribution in [-0.4, -0.2) is 42.6 Å². The Balaban J connectivity index is 1.88. The molecule has 1 heterocycles. The number of ether oxygens (including phenoxy) is 1. The lowest BCUT2D eigenvalue weighted by Gasteiger charge is -2.38. The molecule has 114 valence electrons. The first-order valence-electron chi connectivity index (χ1n) is 7.98.